The summed E-state index contributed by atoms with van der Waals surface area (Å²) in [5.74, 6) is 0. The number of ether oxygens (including phenoxy) is 1. The summed E-state index contributed by atoms with van der Waals surface area (Å²) in [5, 5.41) is 9.81. The number of unbranched alkanes of at least 4 members (excludes halogenated alkanes) is 7. The first kappa shape index (κ1) is 15.9. The van der Waals surface area contributed by atoms with Crippen LogP contribution in [0.25, 0.3) is 0 Å². The third-order valence-electron chi connectivity index (χ3n) is 2.61. The van der Waals surface area contributed by atoms with Crippen LogP contribution in [0.3, 0.4) is 0 Å². The van der Waals surface area contributed by atoms with Gasteiger partial charge in [-0.3, -0.25) is 0 Å². The number of aliphatic hydroxyl groups excluding tert-OH is 1. The topological polar surface area (TPSA) is 29.5 Å². The van der Waals surface area contributed by atoms with Gasteiger partial charge in [0.1, 0.15) is 0 Å². The van der Waals surface area contributed by atoms with E-state index in [2.05, 4.69) is 6.92 Å². The van der Waals surface area contributed by atoms with E-state index in [0.717, 1.165) is 6.42 Å². The molecule has 0 saturated carbocycles. The minimum Gasteiger partial charge on any atom is -0.459 e. The molecule has 0 aliphatic carbocycles. The average molecular weight is 246 g/mol. The number of aliphatic hydroxyl groups is 1. The predicted octanol–water partition coefficient (Wildman–Crippen LogP) is 4.20. The van der Waals surface area contributed by atoms with Crippen LogP contribution in [-0.4, -0.2) is 16.4 Å². The first-order valence-corrected chi connectivity index (χ1v) is 6.93. The molecule has 0 aliphatic rings. The molecule has 96 valence electrons. The molecule has 0 saturated heterocycles. The minimum atomic E-state index is -0.697. The van der Waals surface area contributed by atoms with Gasteiger partial charge >= 0.3 is 0 Å². The van der Waals surface area contributed by atoms with E-state index in [1.54, 1.807) is 6.92 Å². The fraction of sp³-hybridized carbons (Fsp3) is 0.923. The molecule has 0 aromatic heterocycles. The molecule has 0 fully saturated rings. The van der Waals surface area contributed by atoms with Crippen molar-refractivity contribution < 1.29 is 9.84 Å². The zero-order valence-corrected chi connectivity index (χ0v) is 11.5. The molecule has 1 N–H and O–H groups in total. The van der Waals surface area contributed by atoms with Crippen molar-refractivity contribution in [2.75, 3.05) is 0 Å². The lowest BCUT2D eigenvalue weighted by molar-refractivity contribution is -0.0326. The zero-order valence-electron chi connectivity index (χ0n) is 10.7. The van der Waals surface area contributed by atoms with Crippen molar-refractivity contribution in [3.05, 3.63) is 0 Å². The molecule has 16 heavy (non-hydrogen) atoms. The largest absolute Gasteiger partial charge is 0.459 e. The molecule has 0 aromatic carbocycles. The number of hydrogen-bond acceptors (Lipinski definition) is 3. The number of thiocarbonyl (C=S) groups is 1. The van der Waals surface area contributed by atoms with Crippen molar-refractivity contribution in [1.29, 1.82) is 0 Å². The lowest BCUT2D eigenvalue weighted by atomic mass is 10.1. The van der Waals surface area contributed by atoms with Gasteiger partial charge in [0.25, 0.3) is 0 Å². The van der Waals surface area contributed by atoms with Crippen molar-refractivity contribution in [3.8, 4) is 0 Å². The van der Waals surface area contributed by atoms with Crippen molar-refractivity contribution in [2.45, 2.75) is 77.9 Å². The van der Waals surface area contributed by atoms with Crippen LogP contribution in [0.4, 0.5) is 0 Å². The van der Waals surface area contributed by atoms with Crippen molar-refractivity contribution in [2.24, 2.45) is 0 Å². The Morgan fingerprint density at radius 2 is 1.56 bits per heavy atom. The molecule has 0 aromatic rings. The Bertz CT molecular complexity index is 171. The van der Waals surface area contributed by atoms with Crippen molar-refractivity contribution in [1.82, 2.24) is 0 Å². The van der Waals surface area contributed by atoms with E-state index in [4.69, 9.17) is 17.0 Å². The molecule has 2 nitrogen and oxygen atoms in total. The highest BCUT2D eigenvalue weighted by molar-refractivity contribution is 7.80. The lowest BCUT2D eigenvalue weighted by Crippen LogP contribution is -2.13. The summed E-state index contributed by atoms with van der Waals surface area (Å²) >= 11 is 4.75. The Balaban J connectivity index is 3.11. The van der Waals surface area contributed by atoms with Crippen LogP contribution in [0.2, 0.25) is 0 Å². The van der Waals surface area contributed by atoms with Gasteiger partial charge in [-0.15, -0.1) is 0 Å². The summed E-state index contributed by atoms with van der Waals surface area (Å²) in [6.45, 7) is 3.92. The van der Waals surface area contributed by atoms with Gasteiger partial charge in [0.05, 0.1) is 0 Å². The first-order chi connectivity index (χ1) is 7.66. The fourth-order valence-corrected chi connectivity index (χ4v) is 1.81. The van der Waals surface area contributed by atoms with Crippen LogP contribution in [0, 0.1) is 0 Å². The molecule has 1 unspecified atom stereocenters. The maximum absolute atomic E-state index is 9.38. The van der Waals surface area contributed by atoms with E-state index in [1.165, 1.54) is 44.9 Å². The summed E-state index contributed by atoms with van der Waals surface area (Å²) in [4.78, 5) is 0. The summed E-state index contributed by atoms with van der Waals surface area (Å²) in [6, 6.07) is 0. The van der Waals surface area contributed by atoms with Crippen molar-refractivity contribution in [3.63, 3.8) is 0 Å². The molecular weight excluding hydrogens is 220 g/mol. The Morgan fingerprint density at radius 3 is 2.06 bits per heavy atom. The molecule has 1 atom stereocenters. The Hall–Kier alpha value is -0.150. The van der Waals surface area contributed by atoms with E-state index in [-0.39, 0.29) is 0 Å². The molecule has 0 amide bonds. The van der Waals surface area contributed by atoms with Crippen LogP contribution in [-0.2, 0) is 4.74 Å². The first-order valence-electron chi connectivity index (χ1n) is 6.52. The van der Waals surface area contributed by atoms with E-state index in [0.29, 0.717) is 11.5 Å². The van der Waals surface area contributed by atoms with Crippen molar-refractivity contribution >= 4 is 17.3 Å². The summed E-state index contributed by atoms with van der Waals surface area (Å²) < 4.78 is 5.00. The Labute approximate surface area is 105 Å². The molecule has 0 aliphatic heterocycles. The second-order valence-electron chi connectivity index (χ2n) is 4.33. The normalized spacial score (nSPS) is 12.4. The van der Waals surface area contributed by atoms with Crippen LogP contribution < -0.4 is 0 Å². The van der Waals surface area contributed by atoms with E-state index >= 15 is 0 Å². The highest BCUT2D eigenvalue weighted by Gasteiger charge is 2.04. The fourth-order valence-electron chi connectivity index (χ4n) is 1.70. The molecule has 0 rings (SSSR count). The number of rotatable bonds is 10. The van der Waals surface area contributed by atoms with Gasteiger partial charge in [-0.1, -0.05) is 51.9 Å². The van der Waals surface area contributed by atoms with E-state index in [9.17, 15) is 5.11 Å². The predicted molar refractivity (Wildman–Crippen MR) is 72.6 cm³/mol. The summed E-state index contributed by atoms with van der Waals surface area (Å²) in [7, 11) is 0. The lowest BCUT2D eigenvalue weighted by Gasteiger charge is -2.11. The van der Waals surface area contributed by atoms with Crippen LogP contribution in [0.1, 0.15) is 71.6 Å². The molecular formula is C13H26O2S. The minimum absolute atomic E-state index is 0.423. The van der Waals surface area contributed by atoms with Crippen LogP contribution in [0.15, 0.2) is 0 Å². The van der Waals surface area contributed by atoms with Gasteiger partial charge in [-0.05, 0) is 18.6 Å². The van der Waals surface area contributed by atoms with Gasteiger partial charge in [0.15, 0.2) is 11.3 Å². The SMILES string of the molecule is CCCCCCCCCCC(O)OC(C)=S. The van der Waals surface area contributed by atoms with Gasteiger partial charge in [-0.25, -0.2) is 0 Å². The Morgan fingerprint density at radius 1 is 1.06 bits per heavy atom. The zero-order chi connectivity index (χ0) is 12.2. The van der Waals surface area contributed by atoms with E-state index in [1.807, 2.05) is 0 Å². The number of hydrogen-bond donors (Lipinski definition) is 1. The van der Waals surface area contributed by atoms with Crippen LogP contribution in [0.5, 0.6) is 0 Å². The van der Waals surface area contributed by atoms with Crippen LogP contribution >= 0.6 is 12.2 Å². The molecule has 0 bridgehead atoms. The molecule has 3 heteroatoms. The van der Waals surface area contributed by atoms with Gasteiger partial charge in [-0.2, -0.15) is 0 Å². The highest BCUT2D eigenvalue weighted by Crippen LogP contribution is 2.11. The standard InChI is InChI=1S/C13H26O2S/c1-3-4-5-6-7-8-9-10-11-13(14)15-12(2)16/h13-14H,3-11H2,1-2H3. The monoisotopic (exact) mass is 246 g/mol. The molecule has 0 heterocycles. The maximum atomic E-state index is 9.38. The molecule has 0 spiro atoms. The highest BCUT2D eigenvalue weighted by atomic mass is 32.1. The third kappa shape index (κ3) is 11.9. The maximum Gasteiger partial charge on any atom is 0.198 e. The molecule has 0 radical (unpaired) electrons. The summed E-state index contributed by atoms with van der Waals surface area (Å²) in [6.07, 6.45) is 10.2. The quantitative estimate of drug-likeness (QED) is 0.356. The third-order valence-corrected chi connectivity index (χ3v) is 2.70. The average Bonchev–Trinajstić information content (AvgIpc) is 2.21. The van der Waals surface area contributed by atoms with Gasteiger partial charge in [0, 0.05) is 13.3 Å². The van der Waals surface area contributed by atoms with Gasteiger partial charge < -0.3 is 9.84 Å². The smallest absolute Gasteiger partial charge is 0.198 e. The van der Waals surface area contributed by atoms with E-state index < -0.39 is 6.29 Å². The second-order valence-corrected chi connectivity index (χ2v) is 4.90. The van der Waals surface area contributed by atoms with Gasteiger partial charge in [0.2, 0.25) is 0 Å². The summed E-state index contributed by atoms with van der Waals surface area (Å²) in [5.41, 5.74) is 0. The Kier molecular flexibility index (Phi) is 11.2. The second kappa shape index (κ2) is 11.3.